The van der Waals surface area contributed by atoms with Gasteiger partial charge < -0.3 is 20.0 Å². The second-order valence-corrected chi connectivity index (χ2v) is 7.48. The number of para-hydroxylation sites is 1. The molecule has 2 aromatic rings. The summed E-state index contributed by atoms with van der Waals surface area (Å²) < 4.78 is 5.47. The van der Waals surface area contributed by atoms with Crippen molar-refractivity contribution >= 4 is 29.9 Å². The number of nitrogens with zero attached hydrogens (tertiary/aromatic N) is 2. The number of anilines is 1. The van der Waals surface area contributed by atoms with Crippen molar-refractivity contribution in [2.75, 3.05) is 18.5 Å². The van der Waals surface area contributed by atoms with E-state index in [4.69, 9.17) is 10.2 Å². The van der Waals surface area contributed by atoms with Gasteiger partial charge in [0.2, 0.25) is 5.91 Å². The molecule has 6 nitrogen and oxygen atoms in total. The highest BCUT2D eigenvalue weighted by Gasteiger charge is 2.29. The van der Waals surface area contributed by atoms with Crippen LogP contribution in [0.25, 0.3) is 0 Å². The fourth-order valence-electron chi connectivity index (χ4n) is 3.26. The number of amides is 2. The predicted octanol–water partition coefficient (Wildman–Crippen LogP) is 3.24. The van der Waals surface area contributed by atoms with E-state index in [2.05, 4.69) is 13.8 Å². The Labute approximate surface area is 172 Å². The van der Waals surface area contributed by atoms with E-state index >= 15 is 0 Å². The summed E-state index contributed by atoms with van der Waals surface area (Å²) in [5, 5.41) is 0. The maximum Gasteiger partial charge on any atom is 0.289 e. The van der Waals surface area contributed by atoms with Crippen LogP contribution < -0.4 is 10.6 Å². The summed E-state index contributed by atoms with van der Waals surface area (Å²) in [7, 11) is 1.75. The predicted molar refractivity (Wildman–Crippen MR) is 112 cm³/mol. The molecule has 152 valence electrons. The molecule has 3 rings (SSSR count). The van der Waals surface area contributed by atoms with E-state index in [9.17, 15) is 9.59 Å². The van der Waals surface area contributed by atoms with Crippen molar-refractivity contribution in [3.8, 4) is 0 Å². The molecule has 1 aliphatic heterocycles. The van der Waals surface area contributed by atoms with Crippen LogP contribution in [0.3, 0.4) is 0 Å². The molecule has 2 heterocycles. The Balaban J connectivity index is 0.00000280. The minimum atomic E-state index is -0.189. The zero-order chi connectivity index (χ0) is 19.6. The number of fused-ring (bicyclic) bond motifs is 1. The molecule has 1 aliphatic rings. The lowest BCUT2D eigenvalue weighted by Crippen LogP contribution is -2.35. The monoisotopic (exact) mass is 405 g/mol. The van der Waals surface area contributed by atoms with Crippen LogP contribution in [0.15, 0.2) is 41.0 Å². The molecule has 2 amide bonds. The van der Waals surface area contributed by atoms with Crippen LogP contribution in [0.1, 0.15) is 41.9 Å². The highest BCUT2D eigenvalue weighted by atomic mass is 35.5. The van der Waals surface area contributed by atoms with Gasteiger partial charge in [0.25, 0.3) is 5.91 Å². The van der Waals surface area contributed by atoms with Gasteiger partial charge in [-0.05, 0) is 30.0 Å². The van der Waals surface area contributed by atoms with Crippen molar-refractivity contribution in [1.29, 1.82) is 0 Å². The number of hydrogen-bond donors (Lipinski definition) is 1. The van der Waals surface area contributed by atoms with Gasteiger partial charge in [-0.3, -0.25) is 9.59 Å². The average molecular weight is 406 g/mol. The number of hydrogen-bond acceptors (Lipinski definition) is 4. The summed E-state index contributed by atoms with van der Waals surface area (Å²) in [4.78, 5) is 28.5. The topological polar surface area (TPSA) is 79.8 Å². The summed E-state index contributed by atoms with van der Waals surface area (Å²) in [6, 6.07) is 9.54. The summed E-state index contributed by atoms with van der Waals surface area (Å²) in [6.45, 7) is 5.03. The van der Waals surface area contributed by atoms with Crippen LogP contribution in [0.5, 0.6) is 0 Å². The third-order valence-electron chi connectivity index (χ3n) is 5.20. The average Bonchev–Trinajstić information content (AvgIpc) is 3.23. The van der Waals surface area contributed by atoms with Gasteiger partial charge in [-0.25, -0.2) is 0 Å². The fourth-order valence-corrected chi connectivity index (χ4v) is 3.26. The van der Waals surface area contributed by atoms with Gasteiger partial charge in [-0.2, -0.15) is 0 Å². The number of nitrogens with two attached hydrogens (primary N) is 1. The normalized spacial score (nSPS) is 14.0. The lowest BCUT2D eigenvalue weighted by molar-refractivity contribution is -0.117. The Kier molecular flexibility index (Phi) is 7.27. The van der Waals surface area contributed by atoms with Crippen LogP contribution in [-0.2, 0) is 17.8 Å². The Hall–Kier alpha value is -2.31. The molecule has 0 radical (unpaired) electrons. The van der Waals surface area contributed by atoms with Crippen molar-refractivity contribution in [1.82, 2.24) is 4.90 Å². The number of rotatable bonds is 7. The Morgan fingerprint density at radius 2 is 2.00 bits per heavy atom. The largest absolute Gasteiger partial charge is 0.459 e. The molecule has 1 aromatic heterocycles. The van der Waals surface area contributed by atoms with Crippen molar-refractivity contribution in [3.63, 3.8) is 0 Å². The van der Waals surface area contributed by atoms with E-state index in [0.29, 0.717) is 31.0 Å². The number of benzene rings is 1. The Bertz CT molecular complexity index is 834. The molecule has 1 aromatic carbocycles. The summed E-state index contributed by atoms with van der Waals surface area (Å²) in [5.74, 6) is 0.500. The van der Waals surface area contributed by atoms with Gasteiger partial charge in [-0.15, -0.1) is 12.4 Å². The fraction of sp³-hybridized carbons (Fsp3) is 0.429. The Morgan fingerprint density at radius 1 is 1.29 bits per heavy atom. The van der Waals surface area contributed by atoms with Gasteiger partial charge in [0, 0.05) is 30.9 Å². The summed E-state index contributed by atoms with van der Waals surface area (Å²) >= 11 is 0. The van der Waals surface area contributed by atoms with Crippen LogP contribution in [0, 0.1) is 5.92 Å². The second kappa shape index (κ2) is 9.26. The highest BCUT2D eigenvalue weighted by molar-refractivity contribution is 6.01. The van der Waals surface area contributed by atoms with Crippen molar-refractivity contribution in [2.24, 2.45) is 11.7 Å². The lowest BCUT2D eigenvalue weighted by Gasteiger charge is -2.22. The second-order valence-electron chi connectivity index (χ2n) is 7.48. The molecule has 0 fully saturated rings. The van der Waals surface area contributed by atoms with Gasteiger partial charge in [0.1, 0.15) is 0 Å². The van der Waals surface area contributed by atoms with Gasteiger partial charge >= 0.3 is 0 Å². The maximum absolute atomic E-state index is 12.8. The van der Waals surface area contributed by atoms with Crippen LogP contribution in [0.4, 0.5) is 5.69 Å². The van der Waals surface area contributed by atoms with Gasteiger partial charge in [0.15, 0.2) is 5.76 Å². The number of carbonyl (C=O) groups is 2. The molecule has 0 spiro atoms. The van der Waals surface area contributed by atoms with Crippen molar-refractivity contribution in [2.45, 2.75) is 39.3 Å². The minimum absolute atomic E-state index is 0. The van der Waals surface area contributed by atoms with Gasteiger partial charge in [0.05, 0.1) is 19.2 Å². The van der Waals surface area contributed by atoms with Gasteiger partial charge in [-0.1, -0.05) is 32.0 Å². The van der Waals surface area contributed by atoms with E-state index in [0.717, 1.165) is 17.7 Å². The van der Waals surface area contributed by atoms with Crippen LogP contribution >= 0.6 is 12.4 Å². The smallest absolute Gasteiger partial charge is 0.289 e. The SMILES string of the molecule is CC(C)C(N)CCN(C)C(=O)c1occc1CN1C(=O)Cc2ccccc21.Cl. The number of furan rings is 1. The molecule has 1 atom stereocenters. The van der Waals surface area contributed by atoms with Crippen molar-refractivity contribution in [3.05, 3.63) is 53.5 Å². The Morgan fingerprint density at radius 3 is 2.71 bits per heavy atom. The standard InChI is InChI=1S/C21H27N3O3.ClH/c1-14(2)17(22)8-10-23(3)21(26)20-16(9-11-27-20)13-24-18-7-5-4-6-15(18)12-19(24)25;/h4-7,9,11,14,17H,8,10,12-13,22H2,1-3H3;1H. The van der Waals surface area contributed by atoms with E-state index < -0.39 is 0 Å². The van der Waals surface area contributed by atoms with Crippen LogP contribution in [0.2, 0.25) is 0 Å². The number of carbonyl (C=O) groups excluding carboxylic acids is 2. The quantitative estimate of drug-likeness (QED) is 0.766. The zero-order valence-electron chi connectivity index (χ0n) is 16.6. The molecular weight excluding hydrogens is 378 g/mol. The molecule has 1 unspecified atom stereocenters. The molecule has 7 heteroatoms. The third kappa shape index (κ3) is 4.56. The molecule has 2 N–H and O–H groups in total. The van der Waals surface area contributed by atoms with E-state index in [1.54, 1.807) is 22.9 Å². The first-order valence-electron chi connectivity index (χ1n) is 9.34. The zero-order valence-corrected chi connectivity index (χ0v) is 17.4. The van der Waals surface area contributed by atoms with Crippen LogP contribution in [-0.4, -0.2) is 36.3 Å². The molecule has 0 bridgehead atoms. The first kappa shape index (κ1) is 22.0. The van der Waals surface area contributed by atoms with Crippen molar-refractivity contribution < 1.29 is 14.0 Å². The first-order chi connectivity index (χ1) is 12.9. The first-order valence-corrected chi connectivity index (χ1v) is 9.34. The molecule has 0 saturated heterocycles. The lowest BCUT2D eigenvalue weighted by atomic mass is 10.0. The molecule has 0 aliphatic carbocycles. The third-order valence-corrected chi connectivity index (χ3v) is 5.20. The van der Waals surface area contributed by atoms with E-state index in [-0.39, 0.29) is 36.0 Å². The molecule has 0 saturated carbocycles. The maximum atomic E-state index is 12.8. The molecule has 28 heavy (non-hydrogen) atoms. The highest BCUT2D eigenvalue weighted by Crippen LogP contribution is 2.30. The summed E-state index contributed by atoms with van der Waals surface area (Å²) in [6.07, 6.45) is 2.63. The summed E-state index contributed by atoms with van der Waals surface area (Å²) in [5.41, 5.74) is 8.70. The minimum Gasteiger partial charge on any atom is -0.459 e. The van der Waals surface area contributed by atoms with E-state index in [1.807, 2.05) is 24.3 Å². The molecular formula is C21H28ClN3O3. The van der Waals surface area contributed by atoms with E-state index in [1.165, 1.54) is 6.26 Å². The number of halogens is 1.